The van der Waals surface area contributed by atoms with Crippen molar-refractivity contribution in [2.24, 2.45) is 7.05 Å². The highest BCUT2D eigenvalue weighted by atomic mass is 32.2. The van der Waals surface area contributed by atoms with Crippen LogP contribution in [0.1, 0.15) is 17.2 Å². The zero-order valence-electron chi connectivity index (χ0n) is 16.8. The molecule has 0 aliphatic heterocycles. The molecule has 0 saturated carbocycles. The molecule has 0 fully saturated rings. The lowest BCUT2D eigenvalue weighted by Gasteiger charge is -2.18. The van der Waals surface area contributed by atoms with Crippen molar-refractivity contribution in [3.8, 4) is 11.3 Å². The molecule has 0 unspecified atom stereocenters. The molecule has 0 aliphatic carbocycles. The molecule has 0 radical (unpaired) electrons. The Kier molecular flexibility index (Phi) is 5.04. The SMILES string of the molecule is Cc1cc(-c2cnc(C)nc2CN(C)S(=O)(=O)c2ccc3c(c2)sc(=O)n3C)on1. The highest BCUT2D eigenvalue weighted by Crippen LogP contribution is 2.27. The zero-order chi connectivity index (χ0) is 21.6. The first-order valence-corrected chi connectivity index (χ1v) is 11.2. The molecule has 4 rings (SSSR count). The van der Waals surface area contributed by atoms with Gasteiger partial charge in [0, 0.05) is 26.4 Å². The fourth-order valence-electron chi connectivity index (χ4n) is 3.08. The van der Waals surface area contributed by atoms with Crippen molar-refractivity contribution in [1.29, 1.82) is 0 Å². The van der Waals surface area contributed by atoms with Gasteiger partial charge in [-0.15, -0.1) is 0 Å². The zero-order valence-corrected chi connectivity index (χ0v) is 18.4. The molecule has 11 heteroatoms. The van der Waals surface area contributed by atoms with E-state index in [1.807, 2.05) is 0 Å². The van der Waals surface area contributed by atoms with Crippen molar-refractivity contribution < 1.29 is 12.9 Å². The van der Waals surface area contributed by atoms with Crippen LogP contribution in [0, 0.1) is 13.8 Å². The van der Waals surface area contributed by atoms with Gasteiger partial charge in [-0.1, -0.05) is 16.5 Å². The molecule has 156 valence electrons. The Hall–Kier alpha value is -2.89. The van der Waals surface area contributed by atoms with Crippen molar-refractivity contribution in [2.75, 3.05) is 7.05 Å². The van der Waals surface area contributed by atoms with E-state index in [2.05, 4.69) is 15.1 Å². The lowest BCUT2D eigenvalue weighted by molar-refractivity contribution is 0.424. The van der Waals surface area contributed by atoms with E-state index in [4.69, 9.17) is 4.52 Å². The van der Waals surface area contributed by atoms with Gasteiger partial charge in [0.25, 0.3) is 0 Å². The van der Waals surface area contributed by atoms with Gasteiger partial charge in [0.2, 0.25) is 10.0 Å². The Morgan fingerprint density at radius 3 is 2.70 bits per heavy atom. The minimum Gasteiger partial charge on any atom is -0.356 e. The first-order chi connectivity index (χ1) is 14.2. The standard InChI is InChI=1S/C19H19N5O4S2/c1-11-7-17(28-22-11)14-9-20-12(2)21-15(14)10-23(3)30(26,27)13-5-6-16-18(8-13)29-19(25)24(16)4/h5-9H,10H2,1-4H3. The van der Waals surface area contributed by atoms with Gasteiger partial charge in [-0.2, -0.15) is 4.31 Å². The van der Waals surface area contributed by atoms with E-state index in [9.17, 15) is 13.2 Å². The Balaban J connectivity index is 1.71. The van der Waals surface area contributed by atoms with Crippen LogP contribution in [0.5, 0.6) is 0 Å². The number of benzene rings is 1. The highest BCUT2D eigenvalue weighted by Gasteiger charge is 2.24. The van der Waals surface area contributed by atoms with Crippen LogP contribution in [0.3, 0.4) is 0 Å². The molecule has 0 saturated heterocycles. The van der Waals surface area contributed by atoms with Crippen LogP contribution in [-0.4, -0.2) is 39.5 Å². The topological polar surface area (TPSA) is 111 Å². The van der Waals surface area contributed by atoms with Gasteiger partial charge >= 0.3 is 4.87 Å². The van der Waals surface area contributed by atoms with Crippen LogP contribution in [0.25, 0.3) is 21.5 Å². The third kappa shape index (κ3) is 3.55. The number of aryl methyl sites for hydroxylation is 3. The summed E-state index contributed by atoms with van der Waals surface area (Å²) in [5.74, 6) is 0.995. The summed E-state index contributed by atoms with van der Waals surface area (Å²) in [6.45, 7) is 3.55. The van der Waals surface area contributed by atoms with Crippen LogP contribution >= 0.6 is 11.3 Å². The summed E-state index contributed by atoms with van der Waals surface area (Å²) in [7, 11) is -0.672. The third-order valence-electron chi connectivity index (χ3n) is 4.73. The molecular formula is C19H19N5O4S2. The van der Waals surface area contributed by atoms with Crippen molar-refractivity contribution in [2.45, 2.75) is 25.3 Å². The smallest absolute Gasteiger partial charge is 0.307 e. The number of nitrogens with zero attached hydrogens (tertiary/aromatic N) is 5. The fraction of sp³-hybridized carbons (Fsp3) is 0.263. The van der Waals surface area contributed by atoms with Crippen LogP contribution in [0.4, 0.5) is 0 Å². The number of sulfonamides is 1. The molecule has 0 amide bonds. The second kappa shape index (κ2) is 7.42. The molecule has 4 aromatic rings. The fourth-order valence-corrected chi connectivity index (χ4v) is 5.24. The number of hydrogen-bond acceptors (Lipinski definition) is 8. The van der Waals surface area contributed by atoms with E-state index in [0.717, 1.165) is 11.3 Å². The summed E-state index contributed by atoms with van der Waals surface area (Å²) in [4.78, 5) is 20.5. The molecule has 0 bridgehead atoms. The maximum atomic E-state index is 13.2. The van der Waals surface area contributed by atoms with Crippen LogP contribution < -0.4 is 4.87 Å². The van der Waals surface area contributed by atoms with Gasteiger partial charge in [0.1, 0.15) is 5.82 Å². The average molecular weight is 446 g/mol. The monoisotopic (exact) mass is 445 g/mol. The Morgan fingerprint density at radius 2 is 2.00 bits per heavy atom. The van der Waals surface area contributed by atoms with E-state index in [1.165, 1.54) is 28.1 Å². The molecule has 3 aromatic heterocycles. The largest absolute Gasteiger partial charge is 0.356 e. The predicted molar refractivity (Wildman–Crippen MR) is 113 cm³/mol. The van der Waals surface area contributed by atoms with Gasteiger partial charge in [0.15, 0.2) is 5.76 Å². The van der Waals surface area contributed by atoms with Gasteiger partial charge in [-0.25, -0.2) is 18.4 Å². The molecule has 9 nitrogen and oxygen atoms in total. The molecule has 0 spiro atoms. The number of rotatable bonds is 5. The van der Waals surface area contributed by atoms with E-state index in [-0.39, 0.29) is 16.3 Å². The van der Waals surface area contributed by atoms with E-state index in [0.29, 0.717) is 38.8 Å². The summed E-state index contributed by atoms with van der Waals surface area (Å²) < 4.78 is 35.0. The van der Waals surface area contributed by atoms with E-state index >= 15 is 0 Å². The van der Waals surface area contributed by atoms with Crippen molar-refractivity contribution in [1.82, 2.24) is 24.0 Å². The molecule has 3 heterocycles. The summed E-state index contributed by atoms with van der Waals surface area (Å²) in [5.41, 5.74) is 2.49. The van der Waals surface area contributed by atoms with Gasteiger partial charge in [-0.3, -0.25) is 4.79 Å². The first kappa shape index (κ1) is 20.4. The summed E-state index contributed by atoms with van der Waals surface area (Å²) in [6.07, 6.45) is 1.60. The Bertz CT molecular complexity index is 1420. The molecule has 1 aromatic carbocycles. The van der Waals surface area contributed by atoms with Crippen LogP contribution in [0.15, 0.2) is 44.7 Å². The van der Waals surface area contributed by atoms with Crippen LogP contribution in [-0.2, 0) is 23.6 Å². The molecule has 0 aliphatic rings. The van der Waals surface area contributed by atoms with E-state index < -0.39 is 10.0 Å². The second-order valence-corrected chi connectivity index (χ2v) is 9.97. The first-order valence-electron chi connectivity index (χ1n) is 8.99. The van der Waals surface area contributed by atoms with Gasteiger partial charge in [-0.05, 0) is 32.0 Å². The Labute approximate surface area is 176 Å². The molecule has 0 atom stereocenters. The number of thiazole rings is 1. The number of hydrogen-bond donors (Lipinski definition) is 0. The normalized spacial score (nSPS) is 12.2. The summed E-state index contributed by atoms with van der Waals surface area (Å²) in [6, 6.07) is 6.42. The molecular weight excluding hydrogens is 426 g/mol. The maximum absolute atomic E-state index is 13.2. The quantitative estimate of drug-likeness (QED) is 0.464. The van der Waals surface area contributed by atoms with E-state index in [1.54, 1.807) is 39.2 Å². The van der Waals surface area contributed by atoms with Crippen molar-refractivity contribution >= 4 is 31.6 Å². The summed E-state index contributed by atoms with van der Waals surface area (Å²) >= 11 is 1.01. The minimum atomic E-state index is -3.82. The lowest BCUT2D eigenvalue weighted by atomic mass is 10.1. The number of aromatic nitrogens is 4. The summed E-state index contributed by atoms with van der Waals surface area (Å²) in [5, 5.41) is 3.88. The van der Waals surface area contributed by atoms with Gasteiger partial charge in [0.05, 0.1) is 38.6 Å². The second-order valence-electron chi connectivity index (χ2n) is 6.93. The average Bonchev–Trinajstić information content (AvgIpc) is 3.24. The molecule has 30 heavy (non-hydrogen) atoms. The molecule has 0 N–H and O–H groups in total. The van der Waals surface area contributed by atoms with Crippen molar-refractivity contribution in [3.63, 3.8) is 0 Å². The third-order valence-corrected chi connectivity index (χ3v) is 7.52. The minimum absolute atomic E-state index is 0.0177. The van der Waals surface area contributed by atoms with Crippen LogP contribution in [0.2, 0.25) is 0 Å². The Morgan fingerprint density at radius 1 is 1.23 bits per heavy atom. The van der Waals surface area contributed by atoms with Crippen molar-refractivity contribution in [3.05, 3.63) is 57.3 Å². The number of fused-ring (bicyclic) bond motifs is 1. The predicted octanol–water partition coefficient (Wildman–Crippen LogP) is 2.48. The maximum Gasteiger partial charge on any atom is 0.307 e. The van der Waals surface area contributed by atoms with Gasteiger partial charge < -0.3 is 9.09 Å². The lowest BCUT2D eigenvalue weighted by Crippen LogP contribution is -2.27. The highest BCUT2D eigenvalue weighted by molar-refractivity contribution is 7.89.